The first-order valence-corrected chi connectivity index (χ1v) is 13.7. The van der Waals surface area contributed by atoms with Crippen LogP contribution in [0.2, 0.25) is 0 Å². The summed E-state index contributed by atoms with van der Waals surface area (Å²) in [5.74, 6) is -0.357. The Morgan fingerprint density at radius 3 is 2.45 bits per heavy atom. The summed E-state index contributed by atoms with van der Waals surface area (Å²) in [6, 6.07) is 17.2. The van der Waals surface area contributed by atoms with Crippen molar-refractivity contribution in [3.05, 3.63) is 107 Å². The van der Waals surface area contributed by atoms with Crippen molar-refractivity contribution in [3.8, 4) is 22.6 Å². The van der Waals surface area contributed by atoms with Crippen molar-refractivity contribution >= 4 is 21.8 Å². The molecule has 0 unspecified atom stereocenters. The minimum Gasteiger partial charge on any atom is -0.445 e. The number of rotatable bonds is 8. The lowest BCUT2D eigenvalue weighted by Crippen LogP contribution is -2.26. The topological polar surface area (TPSA) is 119 Å². The second kappa shape index (κ2) is 10.8. The average molecular weight is 561 g/mol. The number of nitrogens with zero attached hydrogens (tertiary/aromatic N) is 3. The van der Waals surface area contributed by atoms with E-state index in [1.807, 2.05) is 0 Å². The molecule has 0 saturated heterocycles. The van der Waals surface area contributed by atoms with E-state index in [-0.39, 0.29) is 23.2 Å². The van der Waals surface area contributed by atoms with E-state index in [9.17, 15) is 17.6 Å². The minimum atomic E-state index is -4.09. The van der Waals surface area contributed by atoms with Gasteiger partial charge < -0.3 is 13.8 Å². The van der Waals surface area contributed by atoms with Gasteiger partial charge in [0.05, 0.1) is 16.8 Å². The van der Waals surface area contributed by atoms with E-state index in [0.29, 0.717) is 45.0 Å². The van der Waals surface area contributed by atoms with E-state index in [4.69, 9.17) is 8.94 Å². The van der Waals surface area contributed by atoms with Crippen LogP contribution in [0.5, 0.6) is 0 Å². The van der Waals surface area contributed by atoms with Crippen LogP contribution in [0.15, 0.2) is 93.0 Å². The Morgan fingerprint density at radius 2 is 1.77 bits per heavy atom. The van der Waals surface area contributed by atoms with Gasteiger partial charge in [0.1, 0.15) is 12.1 Å². The van der Waals surface area contributed by atoms with Gasteiger partial charge >= 0.3 is 0 Å². The first-order valence-electron chi connectivity index (χ1n) is 12.2. The summed E-state index contributed by atoms with van der Waals surface area (Å²) < 4.78 is 53.6. The number of nitrogens with one attached hydrogen (secondary N) is 1. The van der Waals surface area contributed by atoms with Gasteiger partial charge in [-0.3, -0.25) is 4.79 Å². The second-order valence-corrected chi connectivity index (χ2v) is 10.9. The molecule has 2 heterocycles. The third-order valence-electron chi connectivity index (χ3n) is 6.48. The second-order valence-electron chi connectivity index (χ2n) is 9.20. The highest BCUT2D eigenvalue weighted by Crippen LogP contribution is 2.35. The SMILES string of the molecule is Cc1noc(NS(=O)(=O)c2ccccc2-c2ccc(-c3ncco3)cc2CN(C)C(=O)c2ccc(F)cc2)c1C. The monoisotopic (exact) mass is 560 g/mol. The van der Waals surface area contributed by atoms with E-state index < -0.39 is 15.8 Å². The first kappa shape index (κ1) is 26.8. The fourth-order valence-corrected chi connectivity index (χ4v) is 5.51. The van der Waals surface area contributed by atoms with E-state index in [0.717, 1.165) is 0 Å². The number of carbonyl (C=O) groups excluding carboxylic acids is 1. The lowest BCUT2D eigenvalue weighted by molar-refractivity contribution is 0.0785. The van der Waals surface area contributed by atoms with E-state index in [1.165, 1.54) is 47.7 Å². The summed E-state index contributed by atoms with van der Waals surface area (Å²) in [7, 11) is -2.48. The lowest BCUT2D eigenvalue weighted by Gasteiger charge is -2.21. The number of hydrogen-bond acceptors (Lipinski definition) is 7. The zero-order valence-electron chi connectivity index (χ0n) is 21.9. The Bertz CT molecular complexity index is 1780. The van der Waals surface area contributed by atoms with Crippen LogP contribution < -0.4 is 4.72 Å². The number of carbonyl (C=O) groups is 1. The molecule has 204 valence electrons. The summed E-state index contributed by atoms with van der Waals surface area (Å²) >= 11 is 0. The third-order valence-corrected chi connectivity index (χ3v) is 7.87. The Kier molecular flexibility index (Phi) is 7.22. The van der Waals surface area contributed by atoms with Crippen LogP contribution >= 0.6 is 0 Å². The number of anilines is 1. The van der Waals surface area contributed by atoms with Gasteiger partial charge in [0, 0.05) is 35.8 Å². The van der Waals surface area contributed by atoms with Gasteiger partial charge in [-0.15, -0.1) is 0 Å². The van der Waals surface area contributed by atoms with Crippen LogP contribution in [0.1, 0.15) is 27.2 Å². The Balaban J connectivity index is 1.57. The third kappa shape index (κ3) is 5.36. The number of oxazole rings is 1. The fraction of sp³-hybridized carbons (Fsp3) is 0.138. The van der Waals surface area contributed by atoms with Gasteiger partial charge in [-0.05, 0) is 67.4 Å². The van der Waals surface area contributed by atoms with Crippen molar-refractivity contribution < 1.29 is 26.5 Å². The maximum atomic E-state index is 13.5. The fourth-order valence-electron chi connectivity index (χ4n) is 4.24. The maximum absolute atomic E-state index is 13.5. The Labute approximate surface area is 230 Å². The highest BCUT2D eigenvalue weighted by molar-refractivity contribution is 7.92. The molecule has 0 radical (unpaired) electrons. The molecule has 0 spiro atoms. The van der Waals surface area contributed by atoms with Gasteiger partial charge in [-0.1, -0.05) is 29.4 Å². The van der Waals surface area contributed by atoms with Crippen LogP contribution in [-0.2, 0) is 16.6 Å². The highest BCUT2D eigenvalue weighted by Gasteiger charge is 2.25. The molecule has 0 atom stereocenters. The molecule has 2 aromatic heterocycles. The molecule has 40 heavy (non-hydrogen) atoms. The van der Waals surface area contributed by atoms with Gasteiger partial charge in [-0.25, -0.2) is 22.5 Å². The predicted octanol–water partition coefficient (Wildman–Crippen LogP) is 5.83. The van der Waals surface area contributed by atoms with Crippen molar-refractivity contribution in [2.24, 2.45) is 0 Å². The van der Waals surface area contributed by atoms with Gasteiger partial charge in [0.25, 0.3) is 15.9 Å². The normalized spacial score (nSPS) is 11.4. The van der Waals surface area contributed by atoms with Crippen molar-refractivity contribution in [1.82, 2.24) is 15.0 Å². The lowest BCUT2D eigenvalue weighted by atomic mass is 9.96. The van der Waals surface area contributed by atoms with E-state index in [2.05, 4.69) is 14.9 Å². The van der Waals surface area contributed by atoms with Crippen LogP contribution in [0.25, 0.3) is 22.6 Å². The summed E-state index contributed by atoms with van der Waals surface area (Å²) in [4.78, 5) is 18.8. The zero-order valence-corrected chi connectivity index (χ0v) is 22.7. The van der Waals surface area contributed by atoms with Crippen LogP contribution in [0, 0.1) is 19.7 Å². The van der Waals surface area contributed by atoms with E-state index in [1.54, 1.807) is 57.3 Å². The summed E-state index contributed by atoms with van der Waals surface area (Å²) in [6.07, 6.45) is 2.97. The molecule has 3 aromatic carbocycles. The van der Waals surface area contributed by atoms with Crippen molar-refractivity contribution in [3.63, 3.8) is 0 Å². The van der Waals surface area contributed by atoms with Crippen LogP contribution in [0.4, 0.5) is 10.3 Å². The number of sulfonamides is 1. The largest absolute Gasteiger partial charge is 0.445 e. The number of hydrogen-bond donors (Lipinski definition) is 1. The quantitative estimate of drug-likeness (QED) is 0.254. The Morgan fingerprint density at radius 1 is 1.02 bits per heavy atom. The molecule has 0 bridgehead atoms. The smallest absolute Gasteiger partial charge is 0.264 e. The number of amides is 1. The molecule has 1 N–H and O–H groups in total. The van der Waals surface area contributed by atoms with Crippen molar-refractivity contribution in [2.75, 3.05) is 11.8 Å². The molecule has 0 fully saturated rings. The van der Waals surface area contributed by atoms with Crippen molar-refractivity contribution in [1.29, 1.82) is 0 Å². The Hall–Kier alpha value is -4.77. The molecule has 11 heteroatoms. The first-order chi connectivity index (χ1) is 19.1. The molecule has 1 amide bonds. The zero-order chi connectivity index (χ0) is 28.4. The molecule has 0 aliphatic carbocycles. The minimum absolute atomic E-state index is 0.0149. The van der Waals surface area contributed by atoms with Crippen LogP contribution in [0.3, 0.4) is 0 Å². The number of aromatic nitrogens is 2. The van der Waals surface area contributed by atoms with Gasteiger partial charge in [-0.2, -0.15) is 0 Å². The molecule has 0 saturated carbocycles. The van der Waals surface area contributed by atoms with Crippen LogP contribution in [-0.4, -0.2) is 36.4 Å². The van der Waals surface area contributed by atoms with Gasteiger partial charge in [0.15, 0.2) is 0 Å². The maximum Gasteiger partial charge on any atom is 0.264 e. The molecule has 5 aromatic rings. The molecular formula is C29H25FN4O5S. The van der Waals surface area contributed by atoms with Crippen molar-refractivity contribution in [2.45, 2.75) is 25.3 Å². The van der Waals surface area contributed by atoms with Gasteiger partial charge in [0.2, 0.25) is 11.8 Å². The predicted molar refractivity (Wildman–Crippen MR) is 146 cm³/mol. The molecular weight excluding hydrogens is 535 g/mol. The van der Waals surface area contributed by atoms with E-state index >= 15 is 0 Å². The number of halogens is 1. The molecule has 9 nitrogen and oxygen atoms in total. The molecule has 0 aliphatic rings. The molecule has 5 rings (SSSR count). The highest BCUT2D eigenvalue weighted by atomic mass is 32.2. The standard InChI is InChI=1S/C29H25FN4O5S/c1-18-19(2)32-39-27(18)33-40(36,37)26-7-5-4-6-25(26)24-13-10-21(28-31-14-15-38-28)16-22(24)17-34(3)29(35)20-8-11-23(30)12-9-20/h4-16,33H,17H2,1-3H3. The summed E-state index contributed by atoms with van der Waals surface area (Å²) in [6.45, 7) is 3.54. The number of aryl methyl sites for hydroxylation is 1. The summed E-state index contributed by atoms with van der Waals surface area (Å²) in [5, 5.41) is 3.83. The average Bonchev–Trinajstić information content (AvgIpc) is 3.59. The number of benzene rings is 3. The summed E-state index contributed by atoms with van der Waals surface area (Å²) in [5.41, 5.74) is 3.77. The molecule has 0 aliphatic heterocycles.